The van der Waals surface area contributed by atoms with E-state index in [2.05, 4.69) is 10.6 Å². The standard InChI is InChI=1S/C18H21ClN2O2S/c1-12-6-4-5-7-16(12)23-11-13(2)20-18(24)21-14-8-9-17(22-3)15(19)10-14/h4-10,13H,11H2,1-3H3,(H2,20,21,24)/t13-/m0/s1. The van der Waals surface area contributed by atoms with Crippen LogP contribution in [0.3, 0.4) is 0 Å². The van der Waals surface area contributed by atoms with Crippen molar-refractivity contribution in [1.82, 2.24) is 5.32 Å². The van der Waals surface area contributed by atoms with Gasteiger partial charge in [-0.25, -0.2) is 0 Å². The van der Waals surface area contributed by atoms with E-state index in [-0.39, 0.29) is 6.04 Å². The van der Waals surface area contributed by atoms with E-state index in [1.54, 1.807) is 19.2 Å². The maximum absolute atomic E-state index is 6.10. The van der Waals surface area contributed by atoms with Gasteiger partial charge < -0.3 is 20.1 Å². The second-order valence-electron chi connectivity index (χ2n) is 5.43. The first-order valence-electron chi connectivity index (χ1n) is 7.59. The first-order chi connectivity index (χ1) is 11.5. The zero-order valence-electron chi connectivity index (χ0n) is 13.9. The lowest BCUT2D eigenvalue weighted by Gasteiger charge is -2.18. The molecule has 0 aliphatic heterocycles. The number of para-hydroxylation sites is 1. The SMILES string of the molecule is COc1ccc(NC(=S)N[C@@H](C)COc2ccccc2C)cc1Cl. The molecule has 24 heavy (non-hydrogen) atoms. The van der Waals surface area contributed by atoms with Crippen LogP contribution in [0.25, 0.3) is 0 Å². The summed E-state index contributed by atoms with van der Waals surface area (Å²) in [5.41, 5.74) is 1.91. The van der Waals surface area contributed by atoms with Crippen LogP contribution in [0, 0.1) is 6.92 Å². The molecule has 128 valence electrons. The van der Waals surface area contributed by atoms with Crippen molar-refractivity contribution in [1.29, 1.82) is 0 Å². The number of anilines is 1. The molecule has 6 heteroatoms. The Kier molecular flexibility index (Phi) is 6.70. The van der Waals surface area contributed by atoms with Gasteiger partial charge >= 0.3 is 0 Å². The van der Waals surface area contributed by atoms with Gasteiger partial charge in [0.2, 0.25) is 0 Å². The number of methoxy groups -OCH3 is 1. The van der Waals surface area contributed by atoms with Crippen LogP contribution in [-0.4, -0.2) is 24.9 Å². The van der Waals surface area contributed by atoms with Gasteiger partial charge in [-0.2, -0.15) is 0 Å². The molecule has 0 bridgehead atoms. The van der Waals surface area contributed by atoms with Crippen LogP contribution in [0.15, 0.2) is 42.5 Å². The summed E-state index contributed by atoms with van der Waals surface area (Å²) in [5, 5.41) is 7.33. The minimum absolute atomic E-state index is 0.0540. The van der Waals surface area contributed by atoms with Crippen LogP contribution in [0.2, 0.25) is 5.02 Å². The molecule has 0 amide bonds. The van der Waals surface area contributed by atoms with Crippen LogP contribution in [0.1, 0.15) is 12.5 Å². The lowest BCUT2D eigenvalue weighted by molar-refractivity contribution is 0.285. The summed E-state index contributed by atoms with van der Waals surface area (Å²) in [6, 6.07) is 13.4. The summed E-state index contributed by atoms with van der Waals surface area (Å²) in [5.74, 6) is 1.51. The number of thiocarbonyl (C=S) groups is 1. The van der Waals surface area contributed by atoms with Crippen molar-refractivity contribution in [2.75, 3.05) is 19.0 Å². The molecule has 2 rings (SSSR count). The molecule has 2 aromatic carbocycles. The Morgan fingerprint density at radius 3 is 2.62 bits per heavy atom. The second kappa shape index (κ2) is 8.76. The summed E-state index contributed by atoms with van der Waals surface area (Å²) in [6.45, 7) is 4.54. The van der Waals surface area contributed by atoms with Crippen LogP contribution in [0.5, 0.6) is 11.5 Å². The molecule has 0 radical (unpaired) electrons. The van der Waals surface area contributed by atoms with Gasteiger partial charge in [0, 0.05) is 5.69 Å². The van der Waals surface area contributed by atoms with E-state index in [4.69, 9.17) is 33.3 Å². The molecule has 2 N–H and O–H groups in total. The molecule has 0 aromatic heterocycles. The first kappa shape index (κ1) is 18.4. The van der Waals surface area contributed by atoms with Crippen molar-refractivity contribution in [3.63, 3.8) is 0 Å². The van der Waals surface area contributed by atoms with Gasteiger partial charge in [-0.1, -0.05) is 29.8 Å². The van der Waals surface area contributed by atoms with E-state index in [0.717, 1.165) is 17.0 Å². The lowest BCUT2D eigenvalue weighted by Crippen LogP contribution is -2.39. The number of ether oxygens (including phenoxy) is 2. The molecule has 0 aliphatic carbocycles. The number of rotatable bonds is 6. The average Bonchev–Trinajstić information content (AvgIpc) is 2.54. The van der Waals surface area contributed by atoms with E-state index < -0.39 is 0 Å². The van der Waals surface area contributed by atoms with E-state index >= 15 is 0 Å². The summed E-state index contributed by atoms with van der Waals surface area (Å²) < 4.78 is 10.9. The van der Waals surface area contributed by atoms with Crippen molar-refractivity contribution in [2.45, 2.75) is 19.9 Å². The van der Waals surface area contributed by atoms with E-state index in [1.165, 1.54) is 0 Å². The van der Waals surface area contributed by atoms with Crippen molar-refractivity contribution in [3.8, 4) is 11.5 Å². The molecule has 0 spiro atoms. The number of hydrogen-bond acceptors (Lipinski definition) is 3. The Bertz CT molecular complexity index is 709. The van der Waals surface area contributed by atoms with Crippen LogP contribution >= 0.6 is 23.8 Å². The van der Waals surface area contributed by atoms with Gasteiger partial charge in [0.25, 0.3) is 0 Å². The van der Waals surface area contributed by atoms with Gasteiger partial charge in [-0.3, -0.25) is 0 Å². The minimum Gasteiger partial charge on any atom is -0.495 e. The zero-order valence-corrected chi connectivity index (χ0v) is 15.5. The van der Waals surface area contributed by atoms with E-state index in [0.29, 0.717) is 22.5 Å². The smallest absolute Gasteiger partial charge is 0.171 e. The van der Waals surface area contributed by atoms with Crippen LogP contribution < -0.4 is 20.1 Å². The highest BCUT2D eigenvalue weighted by molar-refractivity contribution is 7.80. The molecule has 1 atom stereocenters. The average molecular weight is 365 g/mol. The number of aryl methyl sites for hydroxylation is 1. The Hall–Kier alpha value is -1.98. The minimum atomic E-state index is 0.0540. The Labute approximate surface area is 153 Å². The quantitative estimate of drug-likeness (QED) is 0.743. The summed E-state index contributed by atoms with van der Waals surface area (Å²) in [6.07, 6.45) is 0. The van der Waals surface area contributed by atoms with Gasteiger partial charge in [-0.15, -0.1) is 0 Å². The number of nitrogens with one attached hydrogen (secondary N) is 2. The third-order valence-corrected chi connectivity index (χ3v) is 3.88. The van der Waals surface area contributed by atoms with Crippen molar-refractivity contribution in [3.05, 3.63) is 53.1 Å². The molecule has 0 fully saturated rings. The fraction of sp³-hybridized carbons (Fsp3) is 0.278. The first-order valence-corrected chi connectivity index (χ1v) is 8.37. The van der Waals surface area contributed by atoms with Crippen molar-refractivity contribution < 1.29 is 9.47 Å². The fourth-order valence-electron chi connectivity index (χ4n) is 2.11. The molecular formula is C18H21ClN2O2S. The van der Waals surface area contributed by atoms with Crippen LogP contribution in [-0.2, 0) is 0 Å². The number of benzene rings is 2. The highest BCUT2D eigenvalue weighted by Gasteiger charge is 2.08. The molecule has 0 saturated carbocycles. The maximum atomic E-state index is 6.10. The lowest BCUT2D eigenvalue weighted by atomic mass is 10.2. The predicted octanol–water partition coefficient (Wildman–Crippen LogP) is 4.41. The highest BCUT2D eigenvalue weighted by atomic mass is 35.5. The van der Waals surface area contributed by atoms with Gasteiger partial charge in [0.15, 0.2) is 5.11 Å². The Balaban J connectivity index is 1.83. The van der Waals surface area contributed by atoms with Crippen LogP contribution in [0.4, 0.5) is 5.69 Å². The predicted molar refractivity (Wildman–Crippen MR) is 103 cm³/mol. The molecule has 4 nitrogen and oxygen atoms in total. The van der Waals surface area contributed by atoms with Gasteiger partial charge in [0.05, 0.1) is 18.2 Å². The van der Waals surface area contributed by atoms with Crippen molar-refractivity contribution >= 4 is 34.6 Å². The zero-order chi connectivity index (χ0) is 17.5. The normalized spacial score (nSPS) is 11.5. The maximum Gasteiger partial charge on any atom is 0.171 e. The molecule has 0 heterocycles. The van der Waals surface area contributed by atoms with Gasteiger partial charge in [0.1, 0.15) is 18.1 Å². The van der Waals surface area contributed by atoms with Crippen molar-refractivity contribution in [2.24, 2.45) is 0 Å². The monoisotopic (exact) mass is 364 g/mol. The van der Waals surface area contributed by atoms with Gasteiger partial charge in [-0.05, 0) is 55.9 Å². The molecule has 0 unspecified atom stereocenters. The third-order valence-electron chi connectivity index (χ3n) is 3.37. The van der Waals surface area contributed by atoms with E-state index in [1.807, 2.05) is 44.2 Å². The highest BCUT2D eigenvalue weighted by Crippen LogP contribution is 2.27. The summed E-state index contributed by atoms with van der Waals surface area (Å²) >= 11 is 11.4. The number of halogens is 1. The van der Waals surface area contributed by atoms with E-state index in [9.17, 15) is 0 Å². The third kappa shape index (κ3) is 5.28. The molecule has 0 saturated heterocycles. The molecule has 0 aliphatic rings. The summed E-state index contributed by atoms with van der Waals surface area (Å²) in [4.78, 5) is 0. The Morgan fingerprint density at radius 1 is 1.21 bits per heavy atom. The largest absolute Gasteiger partial charge is 0.495 e. The number of hydrogen-bond donors (Lipinski definition) is 2. The molecular weight excluding hydrogens is 344 g/mol. The summed E-state index contributed by atoms with van der Waals surface area (Å²) in [7, 11) is 1.58. The topological polar surface area (TPSA) is 42.5 Å². The second-order valence-corrected chi connectivity index (χ2v) is 6.24. The Morgan fingerprint density at radius 2 is 1.96 bits per heavy atom. The fourth-order valence-corrected chi connectivity index (χ4v) is 2.69. The molecule has 2 aromatic rings.